The van der Waals surface area contributed by atoms with Crippen molar-refractivity contribution in [1.82, 2.24) is 0 Å². The van der Waals surface area contributed by atoms with Crippen LogP contribution in [0.1, 0.15) is 31.2 Å². The number of carbonyl (C=O) groups excluding carboxylic acids is 1. The van der Waals surface area contributed by atoms with E-state index in [4.69, 9.17) is 4.74 Å². The average Bonchev–Trinajstić information content (AvgIpc) is 3.17. The number of rotatable bonds is 4. The second-order valence-corrected chi connectivity index (χ2v) is 8.93. The average molecular weight is 390 g/mol. The van der Waals surface area contributed by atoms with Crippen LogP contribution in [-0.2, 0) is 11.3 Å². The molecule has 0 saturated carbocycles. The third-order valence-corrected chi connectivity index (χ3v) is 7.05. The highest BCUT2D eigenvalue weighted by Gasteiger charge is 2.50. The van der Waals surface area contributed by atoms with Crippen LogP contribution in [0.2, 0.25) is 0 Å². The number of halogens is 1. The predicted octanol–water partition coefficient (Wildman–Crippen LogP) is 4.80. The van der Waals surface area contributed by atoms with E-state index < -0.39 is 0 Å². The van der Waals surface area contributed by atoms with E-state index in [0.717, 1.165) is 23.0 Å². The van der Waals surface area contributed by atoms with E-state index in [-0.39, 0.29) is 24.6 Å². The number of quaternary nitrogens is 1. The van der Waals surface area contributed by atoms with Gasteiger partial charge in [-0.25, -0.2) is 9.18 Å². The van der Waals surface area contributed by atoms with Crippen molar-refractivity contribution in [1.29, 1.82) is 0 Å². The van der Waals surface area contributed by atoms with Gasteiger partial charge < -0.3 is 9.22 Å². The predicted molar refractivity (Wildman–Crippen MR) is 105 cm³/mol. The maximum atomic E-state index is 14.1. The molecule has 27 heavy (non-hydrogen) atoms. The minimum Gasteiger partial charge on any atom is -0.445 e. The summed E-state index contributed by atoms with van der Waals surface area (Å²) in [7, 11) is 4.58. The standard InChI is InChI=1S/C21H26FN2O2S/c1-24(2)17-7-8-18(24)12-19(11-17)26-21(25)23(16-9-10-27-14-16)13-15-5-3-4-6-20(15)22/h3-6,9-10,14,17-19H,7-8,11-13H2,1-2H3/q+1. The van der Waals surface area contributed by atoms with Crippen LogP contribution < -0.4 is 4.90 Å². The van der Waals surface area contributed by atoms with Gasteiger partial charge in [0.2, 0.25) is 0 Å². The van der Waals surface area contributed by atoms with Gasteiger partial charge in [0.25, 0.3) is 0 Å². The largest absolute Gasteiger partial charge is 0.445 e. The first-order valence-electron chi connectivity index (χ1n) is 9.52. The topological polar surface area (TPSA) is 29.5 Å². The number of hydrogen-bond donors (Lipinski definition) is 0. The van der Waals surface area contributed by atoms with Gasteiger partial charge in [0, 0.05) is 36.6 Å². The molecule has 2 atom stereocenters. The van der Waals surface area contributed by atoms with E-state index in [1.807, 2.05) is 16.8 Å². The summed E-state index contributed by atoms with van der Waals surface area (Å²) < 4.78 is 21.1. The number of ether oxygens (including phenoxy) is 1. The summed E-state index contributed by atoms with van der Waals surface area (Å²) in [5.41, 5.74) is 1.24. The monoisotopic (exact) mass is 389 g/mol. The highest BCUT2D eigenvalue weighted by molar-refractivity contribution is 7.08. The zero-order valence-electron chi connectivity index (χ0n) is 15.8. The number of piperidine rings is 1. The third kappa shape index (κ3) is 3.60. The highest BCUT2D eigenvalue weighted by Crippen LogP contribution is 2.40. The van der Waals surface area contributed by atoms with Gasteiger partial charge in [-0.15, -0.1) is 0 Å². The first-order chi connectivity index (χ1) is 12.9. The number of carbonyl (C=O) groups is 1. The fourth-order valence-electron chi connectivity index (χ4n) is 4.60. The molecular formula is C21H26FN2O2S+. The SMILES string of the molecule is C[N+]1(C)C2CCC1CC(OC(=O)N(Cc1ccccc1F)c1ccsc1)C2. The Morgan fingerprint density at radius 1 is 1.22 bits per heavy atom. The van der Waals surface area contributed by atoms with Crippen molar-refractivity contribution in [2.24, 2.45) is 0 Å². The maximum Gasteiger partial charge on any atom is 0.414 e. The second-order valence-electron chi connectivity index (χ2n) is 8.15. The lowest BCUT2D eigenvalue weighted by atomic mass is 9.98. The van der Waals surface area contributed by atoms with Gasteiger partial charge in [0.1, 0.15) is 11.9 Å². The molecule has 1 aromatic carbocycles. The highest BCUT2D eigenvalue weighted by atomic mass is 32.1. The number of amides is 1. The lowest BCUT2D eigenvalue weighted by molar-refractivity contribution is -0.931. The molecule has 2 aliphatic heterocycles. The minimum atomic E-state index is -0.381. The Morgan fingerprint density at radius 3 is 2.56 bits per heavy atom. The summed E-state index contributed by atoms with van der Waals surface area (Å²) in [6.45, 7) is 0.170. The Hall–Kier alpha value is -1.92. The summed E-state index contributed by atoms with van der Waals surface area (Å²) in [6.07, 6.45) is 3.79. The zero-order chi connectivity index (χ0) is 19.0. The van der Waals surface area contributed by atoms with Crippen LogP contribution in [0, 0.1) is 5.82 Å². The van der Waals surface area contributed by atoms with Gasteiger partial charge in [-0.2, -0.15) is 11.3 Å². The fourth-order valence-corrected chi connectivity index (χ4v) is 5.24. The maximum absolute atomic E-state index is 14.1. The lowest BCUT2D eigenvalue weighted by Gasteiger charge is -2.44. The van der Waals surface area contributed by atoms with E-state index in [2.05, 4.69) is 14.1 Å². The van der Waals surface area contributed by atoms with Crippen LogP contribution in [0.25, 0.3) is 0 Å². The molecule has 0 aliphatic carbocycles. The van der Waals surface area contributed by atoms with Gasteiger partial charge in [0.15, 0.2) is 0 Å². The molecule has 1 amide bonds. The Kier molecular flexibility index (Phi) is 4.95. The van der Waals surface area contributed by atoms with E-state index in [0.29, 0.717) is 17.6 Å². The van der Waals surface area contributed by atoms with Crippen molar-refractivity contribution in [3.05, 3.63) is 52.5 Å². The normalized spacial score (nSPS) is 26.0. The zero-order valence-corrected chi connectivity index (χ0v) is 16.6. The van der Waals surface area contributed by atoms with Crippen LogP contribution in [0.4, 0.5) is 14.9 Å². The van der Waals surface area contributed by atoms with Crippen LogP contribution in [0.3, 0.4) is 0 Å². The molecule has 2 bridgehead atoms. The Labute approximate surface area is 163 Å². The molecule has 2 aliphatic rings. The van der Waals surface area contributed by atoms with Crippen molar-refractivity contribution >= 4 is 23.1 Å². The van der Waals surface area contributed by atoms with Crippen LogP contribution in [0.5, 0.6) is 0 Å². The molecule has 4 nitrogen and oxygen atoms in total. The van der Waals surface area contributed by atoms with Crippen LogP contribution >= 0.6 is 11.3 Å². The van der Waals surface area contributed by atoms with Crippen molar-refractivity contribution in [3.63, 3.8) is 0 Å². The molecule has 3 heterocycles. The number of fused-ring (bicyclic) bond motifs is 2. The molecule has 0 radical (unpaired) electrons. The second kappa shape index (κ2) is 7.24. The van der Waals surface area contributed by atoms with Gasteiger partial charge in [-0.05, 0) is 17.5 Å². The molecule has 144 valence electrons. The molecule has 2 aromatic rings. The van der Waals surface area contributed by atoms with Crippen molar-refractivity contribution < 1.29 is 18.4 Å². The molecule has 4 rings (SSSR count). The molecule has 1 aromatic heterocycles. The molecule has 2 fully saturated rings. The first-order valence-corrected chi connectivity index (χ1v) is 10.5. The number of nitrogens with zero attached hydrogens (tertiary/aromatic N) is 2. The van der Waals surface area contributed by atoms with Crippen molar-refractivity contribution in [3.8, 4) is 0 Å². The number of benzene rings is 1. The molecule has 0 N–H and O–H groups in total. The number of thiophene rings is 1. The van der Waals surface area contributed by atoms with E-state index in [9.17, 15) is 9.18 Å². The summed E-state index contributed by atoms with van der Waals surface area (Å²) in [5.74, 6) is -0.305. The van der Waals surface area contributed by atoms with Gasteiger partial charge >= 0.3 is 6.09 Å². The summed E-state index contributed by atoms with van der Waals surface area (Å²) in [5, 5.41) is 3.81. The van der Waals surface area contributed by atoms with Crippen LogP contribution in [0.15, 0.2) is 41.1 Å². The number of hydrogen-bond acceptors (Lipinski definition) is 3. The molecule has 2 saturated heterocycles. The first kappa shape index (κ1) is 18.4. The fraction of sp³-hybridized carbons (Fsp3) is 0.476. The number of anilines is 1. The Balaban J connectivity index is 1.49. The quantitative estimate of drug-likeness (QED) is 0.703. The smallest absolute Gasteiger partial charge is 0.414 e. The lowest BCUT2D eigenvalue weighted by Crippen LogP contribution is -2.56. The van der Waals surface area contributed by atoms with E-state index in [1.54, 1.807) is 23.1 Å². The van der Waals surface area contributed by atoms with Crippen molar-refractivity contribution in [2.75, 3.05) is 19.0 Å². The van der Waals surface area contributed by atoms with E-state index >= 15 is 0 Å². The summed E-state index contributed by atoms with van der Waals surface area (Å²) in [6, 6.07) is 9.56. The molecular weight excluding hydrogens is 363 g/mol. The molecule has 6 heteroatoms. The van der Waals surface area contributed by atoms with Gasteiger partial charge in [-0.1, -0.05) is 18.2 Å². The third-order valence-electron chi connectivity index (χ3n) is 6.38. The Bertz CT molecular complexity index is 792. The summed E-state index contributed by atoms with van der Waals surface area (Å²) in [4.78, 5) is 14.5. The van der Waals surface area contributed by atoms with Gasteiger partial charge in [-0.3, -0.25) is 4.90 Å². The molecule has 2 unspecified atom stereocenters. The summed E-state index contributed by atoms with van der Waals surface area (Å²) >= 11 is 1.51. The Morgan fingerprint density at radius 2 is 1.93 bits per heavy atom. The van der Waals surface area contributed by atoms with Gasteiger partial charge in [0.05, 0.1) is 38.4 Å². The van der Waals surface area contributed by atoms with Crippen molar-refractivity contribution in [2.45, 2.75) is 50.4 Å². The minimum absolute atomic E-state index is 0.0529. The molecule has 0 spiro atoms. The van der Waals surface area contributed by atoms with E-state index in [1.165, 1.54) is 30.2 Å². The van der Waals surface area contributed by atoms with Crippen LogP contribution in [-0.4, -0.2) is 42.9 Å².